The molecule has 0 radical (unpaired) electrons. The van der Waals surface area contributed by atoms with Gasteiger partial charge in [-0.1, -0.05) is 68.4 Å². The maximum Gasteiger partial charge on any atom is 0.349 e. The molecule has 0 aliphatic heterocycles. The van der Waals surface area contributed by atoms with Gasteiger partial charge in [0.1, 0.15) is 18.2 Å². The number of ether oxygens (including phenoxy) is 1. The zero-order valence-electron chi connectivity index (χ0n) is 13.3. The maximum atomic E-state index is 12.0. The first kappa shape index (κ1) is 16.5. The van der Waals surface area contributed by atoms with Crippen LogP contribution in [0.5, 0.6) is 0 Å². The normalized spacial score (nSPS) is 11.1. The first-order valence-electron chi connectivity index (χ1n) is 7.53. The summed E-state index contributed by atoms with van der Waals surface area (Å²) < 4.78 is 5.19. The summed E-state index contributed by atoms with van der Waals surface area (Å²) in [6.07, 6.45) is 1.55. The summed E-state index contributed by atoms with van der Waals surface area (Å²) >= 11 is 0. The van der Waals surface area contributed by atoms with E-state index in [2.05, 4.69) is 13.8 Å². The van der Waals surface area contributed by atoms with Gasteiger partial charge < -0.3 is 4.74 Å². The molecule has 116 valence electrons. The van der Waals surface area contributed by atoms with Crippen molar-refractivity contribution in [2.24, 2.45) is 0 Å². The van der Waals surface area contributed by atoms with E-state index in [1.807, 2.05) is 60.7 Å². The highest BCUT2D eigenvalue weighted by Gasteiger charge is 2.11. The van der Waals surface area contributed by atoms with Crippen LogP contribution in [0.4, 0.5) is 0 Å². The third-order valence-corrected chi connectivity index (χ3v) is 3.47. The lowest BCUT2D eigenvalue weighted by atomic mass is 10.0. The Labute approximate surface area is 136 Å². The molecule has 0 amide bonds. The largest absolute Gasteiger partial charge is 0.457 e. The van der Waals surface area contributed by atoms with Crippen molar-refractivity contribution in [3.05, 3.63) is 76.9 Å². The van der Waals surface area contributed by atoms with Crippen LogP contribution in [-0.4, -0.2) is 5.97 Å². The molecule has 23 heavy (non-hydrogen) atoms. The van der Waals surface area contributed by atoms with Gasteiger partial charge >= 0.3 is 5.97 Å². The van der Waals surface area contributed by atoms with Crippen molar-refractivity contribution >= 4 is 12.0 Å². The summed E-state index contributed by atoms with van der Waals surface area (Å²) in [4.78, 5) is 12.0. The van der Waals surface area contributed by atoms with Gasteiger partial charge in [-0.2, -0.15) is 5.26 Å². The number of rotatable bonds is 5. The molecule has 0 heterocycles. The van der Waals surface area contributed by atoms with Crippen LogP contribution in [0.25, 0.3) is 6.08 Å². The Morgan fingerprint density at radius 3 is 2.35 bits per heavy atom. The molecule has 3 nitrogen and oxygen atoms in total. The molecule has 0 aliphatic rings. The summed E-state index contributed by atoms with van der Waals surface area (Å²) in [7, 11) is 0. The number of carbonyl (C=O) groups is 1. The molecule has 0 saturated heterocycles. The standard InChI is InChI=1S/C20H19NO2/c1-15(2)18-10-8-16(9-11-18)12-19(13-21)20(22)23-14-17-6-4-3-5-7-17/h3-12,15H,14H2,1-2H3/b19-12+. The summed E-state index contributed by atoms with van der Waals surface area (Å²) in [6.45, 7) is 4.39. The van der Waals surface area contributed by atoms with Crippen molar-refractivity contribution in [2.75, 3.05) is 0 Å². The number of nitrogens with zero attached hydrogens (tertiary/aromatic N) is 1. The molecule has 2 aromatic rings. The Kier molecular flexibility index (Phi) is 5.71. The van der Waals surface area contributed by atoms with Gasteiger partial charge in [0.25, 0.3) is 0 Å². The highest BCUT2D eigenvalue weighted by Crippen LogP contribution is 2.16. The minimum Gasteiger partial charge on any atom is -0.457 e. The summed E-state index contributed by atoms with van der Waals surface area (Å²) in [5.41, 5.74) is 2.91. The van der Waals surface area contributed by atoms with Crippen LogP contribution in [0.15, 0.2) is 60.2 Å². The van der Waals surface area contributed by atoms with Crippen molar-refractivity contribution in [1.29, 1.82) is 5.26 Å². The molecule has 0 saturated carbocycles. The molecular formula is C20H19NO2. The van der Waals surface area contributed by atoms with E-state index in [9.17, 15) is 10.1 Å². The zero-order chi connectivity index (χ0) is 16.7. The molecule has 0 aromatic heterocycles. The van der Waals surface area contributed by atoms with Gasteiger partial charge in [0.05, 0.1) is 0 Å². The second-order valence-corrected chi connectivity index (χ2v) is 5.55. The quantitative estimate of drug-likeness (QED) is 0.465. The molecule has 2 aromatic carbocycles. The van der Waals surface area contributed by atoms with E-state index in [0.717, 1.165) is 11.1 Å². The fraction of sp³-hybridized carbons (Fsp3) is 0.200. The van der Waals surface area contributed by atoms with Crippen LogP contribution in [0, 0.1) is 11.3 Å². The van der Waals surface area contributed by atoms with Crippen LogP contribution < -0.4 is 0 Å². The predicted molar refractivity (Wildman–Crippen MR) is 90.4 cm³/mol. The Bertz CT molecular complexity index is 722. The molecule has 3 heteroatoms. The topological polar surface area (TPSA) is 50.1 Å². The number of carbonyl (C=O) groups excluding carboxylic acids is 1. The Morgan fingerprint density at radius 1 is 1.13 bits per heavy atom. The second kappa shape index (κ2) is 7.95. The molecular weight excluding hydrogens is 286 g/mol. The fourth-order valence-electron chi connectivity index (χ4n) is 2.08. The molecule has 0 unspecified atom stereocenters. The van der Waals surface area contributed by atoms with Gasteiger partial charge in [0.2, 0.25) is 0 Å². The van der Waals surface area contributed by atoms with Gasteiger partial charge in [0.15, 0.2) is 0 Å². The summed E-state index contributed by atoms with van der Waals surface area (Å²) in [5.74, 6) is -0.163. The van der Waals surface area contributed by atoms with E-state index < -0.39 is 5.97 Å². The lowest BCUT2D eigenvalue weighted by Crippen LogP contribution is -2.06. The van der Waals surface area contributed by atoms with Crippen LogP contribution >= 0.6 is 0 Å². The molecule has 2 rings (SSSR count). The Balaban J connectivity index is 2.06. The fourth-order valence-corrected chi connectivity index (χ4v) is 2.08. The average Bonchev–Trinajstić information content (AvgIpc) is 2.59. The highest BCUT2D eigenvalue weighted by atomic mass is 16.5. The van der Waals surface area contributed by atoms with E-state index in [-0.39, 0.29) is 12.2 Å². The minimum absolute atomic E-state index is 0.00164. The van der Waals surface area contributed by atoms with E-state index in [4.69, 9.17) is 4.74 Å². The molecule has 0 atom stereocenters. The summed E-state index contributed by atoms with van der Waals surface area (Å²) in [6, 6.07) is 19.1. The predicted octanol–water partition coefficient (Wildman–Crippen LogP) is 4.46. The second-order valence-electron chi connectivity index (χ2n) is 5.55. The van der Waals surface area contributed by atoms with Crippen molar-refractivity contribution in [3.63, 3.8) is 0 Å². The van der Waals surface area contributed by atoms with Gasteiger partial charge in [-0.25, -0.2) is 4.79 Å². The van der Waals surface area contributed by atoms with Crippen LogP contribution in [0.1, 0.15) is 36.5 Å². The maximum absolute atomic E-state index is 12.0. The van der Waals surface area contributed by atoms with E-state index >= 15 is 0 Å². The van der Waals surface area contributed by atoms with Gasteiger partial charge in [-0.05, 0) is 28.7 Å². The van der Waals surface area contributed by atoms with E-state index in [1.165, 1.54) is 5.56 Å². The number of hydrogen-bond donors (Lipinski definition) is 0. The third kappa shape index (κ3) is 4.82. The van der Waals surface area contributed by atoms with Gasteiger partial charge in [-0.15, -0.1) is 0 Å². The number of esters is 1. The smallest absolute Gasteiger partial charge is 0.349 e. The minimum atomic E-state index is -0.607. The van der Waals surface area contributed by atoms with E-state index in [1.54, 1.807) is 6.08 Å². The Hall–Kier alpha value is -2.86. The molecule has 0 aliphatic carbocycles. The number of benzene rings is 2. The van der Waals surface area contributed by atoms with E-state index in [0.29, 0.717) is 5.92 Å². The Morgan fingerprint density at radius 2 is 1.78 bits per heavy atom. The average molecular weight is 305 g/mol. The third-order valence-electron chi connectivity index (χ3n) is 3.47. The number of nitriles is 1. The molecule has 0 spiro atoms. The molecule has 0 bridgehead atoms. The zero-order valence-corrected chi connectivity index (χ0v) is 13.3. The first-order valence-corrected chi connectivity index (χ1v) is 7.53. The summed E-state index contributed by atoms with van der Waals surface area (Å²) in [5, 5.41) is 9.18. The lowest BCUT2D eigenvalue weighted by Gasteiger charge is -2.06. The van der Waals surface area contributed by atoms with Crippen LogP contribution in [0.2, 0.25) is 0 Å². The van der Waals surface area contributed by atoms with Crippen molar-refractivity contribution in [2.45, 2.75) is 26.4 Å². The molecule has 0 fully saturated rings. The van der Waals surface area contributed by atoms with Crippen molar-refractivity contribution in [3.8, 4) is 6.07 Å². The van der Waals surface area contributed by atoms with Crippen LogP contribution in [-0.2, 0) is 16.1 Å². The SMILES string of the molecule is CC(C)c1ccc(/C=C(\C#N)C(=O)OCc2ccccc2)cc1. The van der Waals surface area contributed by atoms with Crippen molar-refractivity contribution in [1.82, 2.24) is 0 Å². The lowest BCUT2D eigenvalue weighted by molar-refractivity contribution is -0.139. The van der Waals surface area contributed by atoms with Crippen LogP contribution in [0.3, 0.4) is 0 Å². The number of hydrogen-bond acceptors (Lipinski definition) is 3. The highest BCUT2D eigenvalue weighted by molar-refractivity contribution is 5.97. The monoisotopic (exact) mass is 305 g/mol. The first-order chi connectivity index (χ1) is 11.1. The van der Waals surface area contributed by atoms with Crippen molar-refractivity contribution < 1.29 is 9.53 Å². The van der Waals surface area contributed by atoms with Gasteiger partial charge in [0, 0.05) is 0 Å². The molecule has 0 N–H and O–H groups in total. The van der Waals surface area contributed by atoms with Gasteiger partial charge in [-0.3, -0.25) is 0 Å².